The number of nitrogens with one attached hydrogen (secondary N) is 2. The number of H-pyrrole nitrogens is 1. The van der Waals surface area contributed by atoms with Gasteiger partial charge in [-0.1, -0.05) is 30.3 Å². The Kier molecular flexibility index (Phi) is 4.33. The lowest BCUT2D eigenvalue weighted by molar-refractivity contribution is -0.126. The molecule has 1 atom stereocenters. The standard InChI is InChI=1S/C20H17N3O4/c24-18-12-27-20(26)23(18)11-17(13-4-2-1-3-5-13)22-19(25)15-6-7-16-14(10-15)8-9-21-16/h1-10,17,21H,11-12H2,(H,22,25). The van der Waals surface area contributed by atoms with Gasteiger partial charge in [0.2, 0.25) is 0 Å². The van der Waals surface area contributed by atoms with Crippen molar-refractivity contribution in [3.63, 3.8) is 0 Å². The van der Waals surface area contributed by atoms with Gasteiger partial charge in [-0.3, -0.25) is 9.59 Å². The van der Waals surface area contributed by atoms with Gasteiger partial charge in [-0.2, -0.15) is 0 Å². The number of rotatable bonds is 5. The van der Waals surface area contributed by atoms with Crippen LogP contribution in [0, 0.1) is 0 Å². The first kappa shape index (κ1) is 16.8. The van der Waals surface area contributed by atoms with E-state index in [4.69, 9.17) is 4.74 Å². The van der Waals surface area contributed by atoms with E-state index in [0.717, 1.165) is 21.4 Å². The van der Waals surface area contributed by atoms with Crippen molar-refractivity contribution >= 4 is 28.8 Å². The summed E-state index contributed by atoms with van der Waals surface area (Å²) in [4.78, 5) is 40.6. The number of carbonyl (C=O) groups is 3. The molecule has 0 saturated carbocycles. The van der Waals surface area contributed by atoms with E-state index >= 15 is 0 Å². The van der Waals surface area contributed by atoms with E-state index < -0.39 is 18.0 Å². The minimum absolute atomic E-state index is 0.0137. The molecule has 0 bridgehead atoms. The molecule has 7 nitrogen and oxygen atoms in total. The number of fused-ring (bicyclic) bond motifs is 1. The van der Waals surface area contributed by atoms with E-state index in [0.29, 0.717) is 5.56 Å². The van der Waals surface area contributed by atoms with Crippen LogP contribution in [0.1, 0.15) is 22.0 Å². The lowest BCUT2D eigenvalue weighted by Gasteiger charge is -2.23. The van der Waals surface area contributed by atoms with E-state index in [9.17, 15) is 14.4 Å². The first-order chi connectivity index (χ1) is 13.1. The second-order valence-electron chi connectivity index (χ2n) is 6.28. The molecule has 4 rings (SSSR count). The van der Waals surface area contributed by atoms with Crippen LogP contribution in [0.25, 0.3) is 10.9 Å². The van der Waals surface area contributed by atoms with Gasteiger partial charge >= 0.3 is 6.09 Å². The van der Waals surface area contributed by atoms with Crippen molar-refractivity contribution in [2.75, 3.05) is 13.2 Å². The summed E-state index contributed by atoms with van der Waals surface area (Å²) in [7, 11) is 0. The Morgan fingerprint density at radius 2 is 1.96 bits per heavy atom. The third-order valence-electron chi connectivity index (χ3n) is 4.53. The maximum absolute atomic E-state index is 12.8. The smallest absolute Gasteiger partial charge is 0.417 e. The lowest BCUT2D eigenvalue weighted by Crippen LogP contribution is -2.40. The summed E-state index contributed by atoms with van der Waals surface area (Å²) in [5.74, 6) is -0.698. The quantitative estimate of drug-likeness (QED) is 0.729. The second kappa shape index (κ2) is 6.95. The molecule has 27 heavy (non-hydrogen) atoms. The van der Waals surface area contributed by atoms with Crippen LogP contribution in [0.15, 0.2) is 60.8 Å². The van der Waals surface area contributed by atoms with Crippen LogP contribution in [-0.4, -0.2) is 40.9 Å². The third-order valence-corrected chi connectivity index (χ3v) is 4.53. The molecule has 0 radical (unpaired) electrons. The van der Waals surface area contributed by atoms with Gasteiger partial charge in [-0.25, -0.2) is 9.69 Å². The van der Waals surface area contributed by atoms with E-state index in [2.05, 4.69) is 10.3 Å². The van der Waals surface area contributed by atoms with Crippen LogP contribution in [0.2, 0.25) is 0 Å². The first-order valence-corrected chi connectivity index (χ1v) is 8.52. The molecule has 1 fully saturated rings. The number of ether oxygens (including phenoxy) is 1. The molecule has 1 aromatic heterocycles. The number of aromatic nitrogens is 1. The molecule has 1 aliphatic rings. The number of aromatic amines is 1. The largest absolute Gasteiger partial charge is 0.439 e. The molecule has 3 amide bonds. The lowest BCUT2D eigenvalue weighted by atomic mass is 10.1. The fourth-order valence-corrected chi connectivity index (χ4v) is 3.10. The topological polar surface area (TPSA) is 91.5 Å². The number of carbonyl (C=O) groups excluding carboxylic acids is 3. The summed E-state index contributed by atoms with van der Waals surface area (Å²) in [5.41, 5.74) is 2.23. The second-order valence-corrected chi connectivity index (χ2v) is 6.28. The zero-order valence-corrected chi connectivity index (χ0v) is 14.3. The Hall–Kier alpha value is -3.61. The number of benzene rings is 2. The highest BCUT2D eigenvalue weighted by Crippen LogP contribution is 2.19. The molecule has 136 valence electrons. The molecule has 1 unspecified atom stereocenters. The third kappa shape index (κ3) is 3.39. The number of nitrogens with zero attached hydrogens (tertiary/aromatic N) is 1. The summed E-state index contributed by atoms with van der Waals surface area (Å²) < 4.78 is 4.76. The molecule has 1 aliphatic heterocycles. The fraction of sp³-hybridized carbons (Fsp3) is 0.150. The van der Waals surface area contributed by atoms with Gasteiger partial charge in [0.1, 0.15) is 0 Å². The van der Waals surface area contributed by atoms with Gasteiger partial charge in [-0.15, -0.1) is 0 Å². The summed E-state index contributed by atoms with van der Waals surface area (Å²) in [6.07, 6.45) is 1.12. The Labute approximate surface area is 154 Å². The average Bonchev–Trinajstić information content (AvgIpc) is 3.28. The zero-order chi connectivity index (χ0) is 18.8. The Morgan fingerprint density at radius 1 is 1.15 bits per heavy atom. The highest BCUT2D eigenvalue weighted by atomic mass is 16.6. The maximum atomic E-state index is 12.8. The zero-order valence-electron chi connectivity index (χ0n) is 14.3. The van der Waals surface area contributed by atoms with Gasteiger partial charge in [0.25, 0.3) is 11.8 Å². The minimum Gasteiger partial charge on any atom is -0.439 e. The summed E-state index contributed by atoms with van der Waals surface area (Å²) in [6, 6.07) is 15.9. The van der Waals surface area contributed by atoms with Gasteiger partial charge in [0.15, 0.2) is 6.61 Å². The monoisotopic (exact) mass is 363 g/mol. The molecule has 0 aliphatic carbocycles. The van der Waals surface area contributed by atoms with Crippen LogP contribution in [0.4, 0.5) is 4.79 Å². The van der Waals surface area contributed by atoms with Crippen LogP contribution in [-0.2, 0) is 9.53 Å². The Balaban J connectivity index is 1.59. The molecule has 1 saturated heterocycles. The minimum atomic E-state index is -0.691. The van der Waals surface area contributed by atoms with Crippen molar-refractivity contribution in [3.05, 3.63) is 71.9 Å². The Bertz CT molecular complexity index is 996. The van der Waals surface area contributed by atoms with E-state index in [1.807, 2.05) is 48.7 Å². The molecular formula is C20H17N3O4. The average molecular weight is 363 g/mol. The molecule has 2 heterocycles. The molecule has 2 N–H and O–H groups in total. The van der Waals surface area contributed by atoms with E-state index in [1.54, 1.807) is 12.1 Å². The summed E-state index contributed by atoms with van der Waals surface area (Å²) >= 11 is 0. The fourth-order valence-electron chi connectivity index (χ4n) is 3.10. The van der Waals surface area contributed by atoms with E-state index in [1.165, 1.54) is 0 Å². The Morgan fingerprint density at radius 3 is 2.70 bits per heavy atom. The van der Waals surface area contributed by atoms with Crippen molar-refractivity contribution in [1.82, 2.24) is 15.2 Å². The van der Waals surface area contributed by atoms with Crippen molar-refractivity contribution in [1.29, 1.82) is 0 Å². The molecule has 2 aromatic carbocycles. The van der Waals surface area contributed by atoms with Crippen LogP contribution < -0.4 is 5.32 Å². The predicted molar refractivity (Wildman–Crippen MR) is 98.0 cm³/mol. The van der Waals surface area contributed by atoms with E-state index in [-0.39, 0.29) is 19.1 Å². The highest BCUT2D eigenvalue weighted by molar-refractivity contribution is 5.99. The van der Waals surface area contributed by atoms with Gasteiger partial charge in [0.05, 0.1) is 12.6 Å². The van der Waals surface area contributed by atoms with Crippen molar-refractivity contribution in [2.45, 2.75) is 6.04 Å². The highest BCUT2D eigenvalue weighted by Gasteiger charge is 2.33. The van der Waals surface area contributed by atoms with Crippen molar-refractivity contribution < 1.29 is 19.1 Å². The van der Waals surface area contributed by atoms with Crippen molar-refractivity contribution in [3.8, 4) is 0 Å². The normalized spacial score (nSPS) is 15.0. The molecule has 0 spiro atoms. The van der Waals surface area contributed by atoms with Crippen LogP contribution in [0.5, 0.6) is 0 Å². The van der Waals surface area contributed by atoms with Crippen LogP contribution in [0.3, 0.4) is 0 Å². The summed E-state index contributed by atoms with van der Waals surface area (Å²) in [5, 5.41) is 3.85. The predicted octanol–water partition coefficient (Wildman–Crippen LogP) is 2.62. The number of imide groups is 1. The molecular weight excluding hydrogens is 346 g/mol. The van der Waals surface area contributed by atoms with Gasteiger partial charge in [0, 0.05) is 22.7 Å². The van der Waals surface area contributed by atoms with Gasteiger partial charge in [-0.05, 0) is 29.8 Å². The molecule has 7 heteroatoms. The number of cyclic esters (lactones) is 1. The molecule has 3 aromatic rings. The number of hydrogen-bond acceptors (Lipinski definition) is 4. The number of hydrogen-bond donors (Lipinski definition) is 2. The first-order valence-electron chi connectivity index (χ1n) is 8.52. The van der Waals surface area contributed by atoms with Crippen molar-refractivity contribution in [2.24, 2.45) is 0 Å². The summed E-state index contributed by atoms with van der Waals surface area (Å²) in [6.45, 7) is -0.252. The van der Waals surface area contributed by atoms with Crippen LogP contribution >= 0.6 is 0 Å². The maximum Gasteiger partial charge on any atom is 0.417 e. The van der Waals surface area contributed by atoms with Gasteiger partial charge < -0.3 is 15.0 Å². The SMILES string of the molecule is O=C(NC(CN1C(=O)COC1=O)c1ccccc1)c1ccc2[nH]ccc2c1. The number of amides is 3.